The first-order chi connectivity index (χ1) is 9.63. The minimum absolute atomic E-state index is 0.0615. The molecule has 0 radical (unpaired) electrons. The first kappa shape index (κ1) is 14.4. The number of ether oxygens (including phenoxy) is 1. The second-order valence-electron chi connectivity index (χ2n) is 4.89. The molecule has 2 rings (SSSR count). The van der Waals surface area contributed by atoms with Gasteiger partial charge in [0.1, 0.15) is 11.6 Å². The fraction of sp³-hybridized carbons (Fsp3) is 0.400. The lowest BCUT2D eigenvalue weighted by Crippen LogP contribution is -2.15. The van der Waals surface area contributed by atoms with Crippen LogP contribution in [-0.2, 0) is 6.54 Å². The van der Waals surface area contributed by atoms with Gasteiger partial charge in [0.2, 0.25) is 0 Å². The quantitative estimate of drug-likeness (QED) is 0.849. The van der Waals surface area contributed by atoms with Crippen molar-refractivity contribution >= 4 is 5.82 Å². The highest BCUT2D eigenvalue weighted by atomic mass is 16.5. The molecule has 20 heavy (non-hydrogen) atoms. The molecule has 0 aliphatic carbocycles. The molecule has 0 spiro atoms. The van der Waals surface area contributed by atoms with E-state index in [0.29, 0.717) is 12.6 Å². The third kappa shape index (κ3) is 3.30. The Labute approximate surface area is 119 Å². The number of aromatic nitrogens is 2. The second-order valence-corrected chi connectivity index (χ2v) is 4.89. The lowest BCUT2D eigenvalue weighted by atomic mass is 10.1. The van der Waals surface area contributed by atoms with E-state index in [1.807, 2.05) is 30.3 Å². The van der Waals surface area contributed by atoms with Gasteiger partial charge in [-0.3, -0.25) is 0 Å². The normalized spacial score (nSPS) is 10.8. The number of nitrogens with zero attached hydrogens (tertiary/aromatic N) is 2. The minimum atomic E-state index is 0.0615. The molecule has 1 heterocycles. The SMILES string of the molecule is COc1cccc(-c2cc(NC(C)C)n(CCO)n2)c1. The summed E-state index contributed by atoms with van der Waals surface area (Å²) >= 11 is 0. The third-order valence-corrected chi connectivity index (χ3v) is 2.89. The lowest BCUT2D eigenvalue weighted by Gasteiger charge is -2.10. The Balaban J connectivity index is 2.35. The molecule has 5 heteroatoms. The molecule has 1 aromatic carbocycles. The summed E-state index contributed by atoms with van der Waals surface area (Å²) in [5, 5.41) is 17.0. The fourth-order valence-corrected chi connectivity index (χ4v) is 2.02. The maximum absolute atomic E-state index is 9.13. The van der Waals surface area contributed by atoms with Crippen LogP contribution in [0.4, 0.5) is 5.82 Å². The molecule has 0 aliphatic rings. The molecule has 0 saturated heterocycles. The van der Waals surface area contributed by atoms with Crippen LogP contribution in [0, 0.1) is 0 Å². The number of aliphatic hydroxyl groups excluding tert-OH is 1. The number of hydrogen-bond donors (Lipinski definition) is 2. The van der Waals surface area contributed by atoms with E-state index in [2.05, 4.69) is 24.3 Å². The Morgan fingerprint density at radius 1 is 1.35 bits per heavy atom. The lowest BCUT2D eigenvalue weighted by molar-refractivity contribution is 0.270. The van der Waals surface area contributed by atoms with Crippen molar-refractivity contribution < 1.29 is 9.84 Å². The Hall–Kier alpha value is -2.01. The van der Waals surface area contributed by atoms with Gasteiger partial charge < -0.3 is 15.2 Å². The maximum atomic E-state index is 9.13. The van der Waals surface area contributed by atoms with Gasteiger partial charge in [0.15, 0.2) is 0 Å². The predicted molar refractivity (Wildman–Crippen MR) is 80.1 cm³/mol. The van der Waals surface area contributed by atoms with E-state index in [4.69, 9.17) is 9.84 Å². The largest absolute Gasteiger partial charge is 0.497 e. The highest BCUT2D eigenvalue weighted by Gasteiger charge is 2.10. The number of anilines is 1. The predicted octanol–water partition coefficient (Wildman–Crippen LogP) is 2.37. The number of benzene rings is 1. The molecule has 0 fully saturated rings. The summed E-state index contributed by atoms with van der Waals surface area (Å²) in [6.07, 6.45) is 0. The Morgan fingerprint density at radius 3 is 2.80 bits per heavy atom. The molecule has 0 aliphatic heterocycles. The smallest absolute Gasteiger partial charge is 0.125 e. The van der Waals surface area contributed by atoms with Crippen LogP contribution in [0.3, 0.4) is 0 Å². The highest BCUT2D eigenvalue weighted by molar-refractivity contribution is 5.64. The number of hydrogen-bond acceptors (Lipinski definition) is 4. The second kappa shape index (κ2) is 6.43. The summed E-state index contributed by atoms with van der Waals surface area (Å²) in [6.45, 7) is 4.67. The van der Waals surface area contributed by atoms with Crippen LogP contribution in [0.25, 0.3) is 11.3 Å². The van der Waals surface area contributed by atoms with Crippen LogP contribution in [0.5, 0.6) is 5.75 Å². The minimum Gasteiger partial charge on any atom is -0.497 e. The Kier molecular flexibility index (Phi) is 4.63. The van der Waals surface area contributed by atoms with Crippen LogP contribution in [0.15, 0.2) is 30.3 Å². The van der Waals surface area contributed by atoms with Gasteiger partial charge in [-0.05, 0) is 26.0 Å². The molecular weight excluding hydrogens is 254 g/mol. The van der Waals surface area contributed by atoms with Crippen molar-refractivity contribution in [1.82, 2.24) is 9.78 Å². The molecule has 1 aromatic heterocycles. The Morgan fingerprint density at radius 2 is 2.15 bits per heavy atom. The molecular formula is C15H21N3O2. The number of rotatable bonds is 6. The summed E-state index contributed by atoms with van der Waals surface area (Å²) in [7, 11) is 1.65. The molecule has 0 unspecified atom stereocenters. The van der Waals surface area contributed by atoms with Crippen molar-refractivity contribution in [3.63, 3.8) is 0 Å². The van der Waals surface area contributed by atoms with E-state index < -0.39 is 0 Å². The van der Waals surface area contributed by atoms with Crippen molar-refractivity contribution in [2.45, 2.75) is 26.4 Å². The number of aliphatic hydroxyl groups is 1. The van der Waals surface area contributed by atoms with E-state index >= 15 is 0 Å². The molecule has 0 saturated carbocycles. The van der Waals surface area contributed by atoms with Gasteiger partial charge in [-0.25, -0.2) is 4.68 Å². The van der Waals surface area contributed by atoms with Crippen molar-refractivity contribution in [3.05, 3.63) is 30.3 Å². The van der Waals surface area contributed by atoms with Crippen molar-refractivity contribution in [2.75, 3.05) is 19.0 Å². The molecule has 5 nitrogen and oxygen atoms in total. The first-order valence-corrected chi connectivity index (χ1v) is 6.73. The van der Waals surface area contributed by atoms with Crippen LogP contribution >= 0.6 is 0 Å². The van der Waals surface area contributed by atoms with Crippen LogP contribution < -0.4 is 10.1 Å². The zero-order valence-corrected chi connectivity index (χ0v) is 12.1. The van der Waals surface area contributed by atoms with E-state index in [0.717, 1.165) is 22.8 Å². The zero-order valence-electron chi connectivity index (χ0n) is 12.1. The van der Waals surface area contributed by atoms with Crippen molar-refractivity contribution in [2.24, 2.45) is 0 Å². The van der Waals surface area contributed by atoms with E-state index in [9.17, 15) is 0 Å². The van der Waals surface area contributed by atoms with Crippen LogP contribution in [0.2, 0.25) is 0 Å². The number of methoxy groups -OCH3 is 1. The summed E-state index contributed by atoms with van der Waals surface area (Å²) in [4.78, 5) is 0. The summed E-state index contributed by atoms with van der Waals surface area (Å²) in [6, 6.07) is 10.1. The van der Waals surface area contributed by atoms with Gasteiger partial charge in [0, 0.05) is 17.7 Å². The average Bonchev–Trinajstić information content (AvgIpc) is 2.82. The van der Waals surface area contributed by atoms with Gasteiger partial charge in [0.05, 0.1) is 26.0 Å². The van der Waals surface area contributed by atoms with Gasteiger partial charge in [-0.2, -0.15) is 5.10 Å². The van der Waals surface area contributed by atoms with Gasteiger partial charge in [0.25, 0.3) is 0 Å². The summed E-state index contributed by atoms with van der Waals surface area (Å²) < 4.78 is 7.02. The van der Waals surface area contributed by atoms with E-state index in [-0.39, 0.29) is 6.61 Å². The van der Waals surface area contributed by atoms with Crippen molar-refractivity contribution in [1.29, 1.82) is 0 Å². The maximum Gasteiger partial charge on any atom is 0.125 e. The summed E-state index contributed by atoms with van der Waals surface area (Å²) in [5.74, 6) is 1.71. The van der Waals surface area contributed by atoms with E-state index in [1.165, 1.54) is 0 Å². The Bertz CT molecular complexity index is 564. The number of nitrogens with one attached hydrogen (secondary N) is 1. The summed E-state index contributed by atoms with van der Waals surface area (Å²) in [5.41, 5.74) is 1.85. The van der Waals surface area contributed by atoms with E-state index in [1.54, 1.807) is 11.8 Å². The third-order valence-electron chi connectivity index (χ3n) is 2.89. The van der Waals surface area contributed by atoms with Crippen LogP contribution in [0.1, 0.15) is 13.8 Å². The average molecular weight is 275 g/mol. The standard InChI is InChI=1S/C15H21N3O2/c1-11(2)16-15-10-14(17-18(15)7-8-19)12-5-4-6-13(9-12)20-3/h4-6,9-11,16,19H,7-8H2,1-3H3. The van der Waals surface area contributed by atoms with Gasteiger partial charge in [-0.1, -0.05) is 12.1 Å². The molecule has 2 aromatic rings. The molecule has 0 amide bonds. The zero-order chi connectivity index (χ0) is 14.5. The molecule has 2 N–H and O–H groups in total. The van der Waals surface area contributed by atoms with Gasteiger partial charge in [-0.15, -0.1) is 0 Å². The topological polar surface area (TPSA) is 59.3 Å². The first-order valence-electron chi connectivity index (χ1n) is 6.73. The molecule has 0 atom stereocenters. The fourth-order valence-electron chi connectivity index (χ4n) is 2.02. The highest BCUT2D eigenvalue weighted by Crippen LogP contribution is 2.25. The monoisotopic (exact) mass is 275 g/mol. The van der Waals surface area contributed by atoms with Crippen molar-refractivity contribution in [3.8, 4) is 17.0 Å². The molecule has 108 valence electrons. The van der Waals surface area contributed by atoms with Crippen LogP contribution in [-0.4, -0.2) is 34.6 Å². The van der Waals surface area contributed by atoms with Gasteiger partial charge >= 0.3 is 0 Å². The molecule has 0 bridgehead atoms.